The van der Waals surface area contributed by atoms with Crippen LogP contribution in [0, 0.1) is 0 Å². The van der Waals surface area contributed by atoms with Gasteiger partial charge in [-0.2, -0.15) is 5.10 Å². The van der Waals surface area contributed by atoms with Crippen molar-refractivity contribution in [3.63, 3.8) is 0 Å². The van der Waals surface area contributed by atoms with Gasteiger partial charge in [-0.05, 0) is 67.4 Å². The lowest BCUT2D eigenvalue weighted by molar-refractivity contribution is -0.144. The molecule has 0 saturated carbocycles. The molecule has 0 fully saturated rings. The van der Waals surface area contributed by atoms with Gasteiger partial charge in [0.05, 0.1) is 30.9 Å². The number of hydrogen-bond donors (Lipinski definition) is 1. The molecule has 3 aromatic rings. The van der Waals surface area contributed by atoms with Crippen LogP contribution < -0.4 is 9.46 Å². The quantitative estimate of drug-likeness (QED) is 0.244. The molecule has 0 aliphatic carbocycles. The van der Waals surface area contributed by atoms with E-state index in [1.54, 1.807) is 20.1 Å². The van der Waals surface area contributed by atoms with Crippen LogP contribution in [0.4, 0.5) is 0 Å². The normalized spacial score (nSPS) is 16.4. The summed E-state index contributed by atoms with van der Waals surface area (Å²) >= 11 is 6.05. The molecule has 2 unspecified atom stereocenters. The molecule has 0 spiro atoms. The van der Waals surface area contributed by atoms with Gasteiger partial charge in [0.2, 0.25) is 5.96 Å². The number of methoxy groups -OCH3 is 1. The maximum atomic E-state index is 13.3. The SMILES string of the molecule is CCOC(=O)C(C)N=C(NS(=O)(=O)c1cccc(Cl)c1)N1CC(c2ccccc2)C(c2ccc(OC)cc2)=N1. The predicted octanol–water partition coefficient (Wildman–Crippen LogP) is 4.44. The highest BCUT2D eigenvalue weighted by Gasteiger charge is 2.34. The molecule has 204 valence electrons. The number of nitrogens with one attached hydrogen (secondary N) is 1. The fourth-order valence-electron chi connectivity index (χ4n) is 4.06. The highest BCUT2D eigenvalue weighted by Crippen LogP contribution is 2.30. The Morgan fingerprint density at radius 3 is 2.49 bits per heavy atom. The van der Waals surface area contributed by atoms with E-state index >= 15 is 0 Å². The second kappa shape index (κ2) is 12.3. The second-order valence-electron chi connectivity index (χ2n) is 8.70. The van der Waals surface area contributed by atoms with Gasteiger partial charge in [0, 0.05) is 10.9 Å². The van der Waals surface area contributed by atoms with Gasteiger partial charge >= 0.3 is 5.97 Å². The maximum absolute atomic E-state index is 13.3. The van der Waals surface area contributed by atoms with Crippen molar-refractivity contribution >= 4 is 39.3 Å². The average molecular weight is 569 g/mol. The fourth-order valence-corrected chi connectivity index (χ4v) is 5.37. The zero-order valence-electron chi connectivity index (χ0n) is 21.7. The summed E-state index contributed by atoms with van der Waals surface area (Å²) in [5, 5.41) is 6.53. The molecular formula is C28H29ClN4O5S. The average Bonchev–Trinajstić information content (AvgIpc) is 3.39. The lowest BCUT2D eigenvalue weighted by atomic mass is 9.90. The number of nitrogens with zero attached hydrogens (tertiary/aromatic N) is 3. The van der Waals surface area contributed by atoms with Crippen LogP contribution in [-0.2, 0) is 19.6 Å². The van der Waals surface area contributed by atoms with Gasteiger partial charge in [-0.25, -0.2) is 27.9 Å². The van der Waals surface area contributed by atoms with E-state index in [-0.39, 0.29) is 34.9 Å². The summed E-state index contributed by atoms with van der Waals surface area (Å²) in [4.78, 5) is 16.8. The molecule has 3 aromatic carbocycles. The first-order valence-electron chi connectivity index (χ1n) is 12.3. The molecule has 11 heteroatoms. The van der Waals surface area contributed by atoms with Crippen molar-refractivity contribution in [1.82, 2.24) is 9.73 Å². The molecule has 1 aliphatic heterocycles. The minimum Gasteiger partial charge on any atom is -0.497 e. The van der Waals surface area contributed by atoms with Crippen molar-refractivity contribution in [2.45, 2.75) is 30.7 Å². The number of benzene rings is 3. The van der Waals surface area contributed by atoms with Crippen LogP contribution in [0.15, 0.2) is 93.9 Å². The number of hydrazone groups is 1. The molecule has 0 saturated heterocycles. The van der Waals surface area contributed by atoms with Gasteiger partial charge < -0.3 is 9.47 Å². The molecule has 1 aliphatic rings. The van der Waals surface area contributed by atoms with Gasteiger partial charge in [-0.1, -0.05) is 48.0 Å². The van der Waals surface area contributed by atoms with E-state index in [2.05, 4.69) is 9.71 Å². The van der Waals surface area contributed by atoms with E-state index in [1.165, 1.54) is 30.1 Å². The fraction of sp³-hybridized carbons (Fsp3) is 0.250. The number of sulfonamides is 1. The number of esters is 1. The standard InChI is InChI=1S/C28H29ClN4O5S/c1-4-38-27(34)19(2)30-28(32-39(35,36)24-12-8-11-22(29)17-24)33-18-25(20-9-6-5-7-10-20)26(31-33)21-13-15-23(37-3)16-14-21/h5-17,19,25H,4,18H2,1-3H3,(H,30,32). The van der Waals surface area contributed by atoms with Crippen LogP contribution in [0.2, 0.25) is 5.02 Å². The Hall–Kier alpha value is -3.89. The van der Waals surface area contributed by atoms with Gasteiger partial charge in [0.25, 0.3) is 10.0 Å². The van der Waals surface area contributed by atoms with Gasteiger partial charge in [-0.15, -0.1) is 0 Å². The van der Waals surface area contributed by atoms with Crippen LogP contribution in [0.5, 0.6) is 5.75 Å². The van der Waals surface area contributed by atoms with Crippen molar-refractivity contribution in [1.29, 1.82) is 0 Å². The summed E-state index contributed by atoms with van der Waals surface area (Å²) in [6, 6.07) is 22.1. The van der Waals surface area contributed by atoms with Crippen LogP contribution >= 0.6 is 11.6 Å². The summed E-state index contributed by atoms with van der Waals surface area (Å²) in [5.41, 5.74) is 2.54. The molecule has 0 aromatic heterocycles. The zero-order chi connectivity index (χ0) is 28.0. The third-order valence-corrected chi connectivity index (χ3v) is 7.58. The topological polar surface area (TPSA) is 110 Å². The van der Waals surface area contributed by atoms with E-state index < -0.39 is 22.0 Å². The lowest BCUT2D eigenvalue weighted by Crippen LogP contribution is -2.42. The molecule has 0 amide bonds. The predicted molar refractivity (Wildman–Crippen MR) is 151 cm³/mol. The molecule has 0 bridgehead atoms. The van der Waals surface area contributed by atoms with E-state index in [1.807, 2.05) is 54.6 Å². The Balaban J connectivity index is 1.78. The lowest BCUT2D eigenvalue weighted by Gasteiger charge is -2.21. The summed E-state index contributed by atoms with van der Waals surface area (Å²) in [5.74, 6) is -0.210. The first-order valence-corrected chi connectivity index (χ1v) is 14.2. The Kier molecular flexibility index (Phi) is 8.88. The van der Waals surface area contributed by atoms with Gasteiger partial charge in [0.1, 0.15) is 11.8 Å². The number of hydrogen-bond acceptors (Lipinski definition) is 7. The van der Waals surface area contributed by atoms with Crippen molar-refractivity contribution in [3.8, 4) is 5.75 Å². The van der Waals surface area contributed by atoms with E-state index in [0.29, 0.717) is 11.5 Å². The minimum absolute atomic E-state index is 0.0512. The monoisotopic (exact) mass is 568 g/mol. The van der Waals surface area contributed by atoms with Crippen molar-refractivity contribution < 1.29 is 22.7 Å². The Labute approximate surface area is 233 Å². The number of guanidine groups is 1. The van der Waals surface area contributed by atoms with Crippen LogP contribution in [0.3, 0.4) is 0 Å². The summed E-state index contributed by atoms with van der Waals surface area (Å²) < 4.78 is 39.6. The van der Waals surface area contributed by atoms with Crippen LogP contribution in [-0.4, -0.2) is 57.4 Å². The van der Waals surface area contributed by atoms with E-state index in [9.17, 15) is 13.2 Å². The Morgan fingerprint density at radius 2 is 1.85 bits per heavy atom. The highest BCUT2D eigenvalue weighted by molar-refractivity contribution is 7.90. The number of carbonyl (C=O) groups excluding carboxylic acids is 1. The first-order chi connectivity index (χ1) is 18.7. The summed E-state index contributed by atoms with van der Waals surface area (Å²) in [6.45, 7) is 3.66. The van der Waals surface area contributed by atoms with Crippen LogP contribution in [0.25, 0.3) is 0 Å². The smallest absolute Gasteiger partial charge is 0.330 e. The molecule has 2 atom stereocenters. The molecule has 39 heavy (non-hydrogen) atoms. The van der Waals surface area contributed by atoms with Crippen molar-refractivity contribution in [2.75, 3.05) is 20.3 Å². The maximum Gasteiger partial charge on any atom is 0.330 e. The van der Waals surface area contributed by atoms with Crippen LogP contribution in [0.1, 0.15) is 30.9 Å². The number of halogens is 1. The van der Waals surface area contributed by atoms with Crippen molar-refractivity contribution in [3.05, 3.63) is 95.0 Å². The first kappa shape index (κ1) is 28.1. The highest BCUT2D eigenvalue weighted by atomic mass is 35.5. The number of ether oxygens (including phenoxy) is 2. The molecule has 9 nitrogen and oxygen atoms in total. The zero-order valence-corrected chi connectivity index (χ0v) is 23.3. The third kappa shape index (κ3) is 6.76. The molecule has 1 heterocycles. The number of carbonyl (C=O) groups is 1. The minimum atomic E-state index is -4.12. The Bertz CT molecular complexity index is 1480. The Morgan fingerprint density at radius 1 is 1.13 bits per heavy atom. The van der Waals surface area contributed by atoms with Gasteiger partial charge in [0.15, 0.2) is 0 Å². The largest absolute Gasteiger partial charge is 0.497 e. The van der Waals surface area contributed by atoms with Crippen molar-refractivity contribution in [2.24, 2.45) is 10.1 Å². The molecule has 1 N–H and O–H groups in total. The second-order valence-corrected chi connectivity index (χ2v) is 10.8. The molecular weight excluding hydrogens is 540 g/mol. The number of aliphatic imine (C=N–C) groups is 1. The van der Waals surface area contributed by atoms with E-state index in [4.69, 9.17) is 26.2 Å². The molecule has 0 radical (unpaired) electrons. The van der Waals surface area contributed by atoms with Gasteiger partial charge in [-0.3, -0.25) is 0 Å². The third-order valence-electron chi connectivity index (χ3n) is 6.02. The van der Waals surface area contributed by atoms with E-state index in [0.717, 1.165) is 11.1 Å². The molecule has 4 rings (SSSR count). The summed E-state index contributed by atoms with van der Waals surface area (Å²) in [6.07, 6.45) is 0. The summed E-state index contributed by atoms with van der Waals surface area (Å²) in [7, 11) is -2.53. The number of rotatable bonds is 8.